The second kappa shape index (κ2) is 4.53. The van der Waals surface area contributed by atoms with Crippen LogP contribution in [-0.4, -0.2) is 19.9 Å². The van der Waals surface area contributed by atoms with Gasteiger partial charge >= 0.3 is 0 Å². The minimum atomic E-state index is -0.934. The predicted molar refractivity (Wildman–Crippen MR) is 70.2 cm³/mol. The number of nitrogens with zero attached hydrogens (tertiary/aromatic N) is 3. The zero-order chi connectivity index (χ0) is 13.3. The van der Waals surface area contributed by atoms with Gasteiger partial charge in [0.2, 0.25) is 0 Å². The monoisotopic (exact) mass is 245 g/mol. The molecule has 0 spiro atoms. The van der Waals surface area contributed by atoms with Crippen molar-refractivity contribution < 1.29 is 5.11 Å². The van der Waals surface area contributed by atoms with Crippen molar-refractivity contribution in [3.05, 3.63) is 47.0 Å². The van der Waals surface area contributed by atoms with Crippen molar-refractivity contribution in [3.8, 4) is 0 Å². The fourth-order valence-corrected chi connectivity index (χ4v) is 2.20. The zero-order valence-electron chi connectivity index (χ0n) is 11.3. The van der Waals surface area contributed by atoms with E-state index in [1.807, 2.05) is 40.0 Å². The van der Waals surface area contributed by atoms with Crippen LogP contribution in [0.15, 0.2) is 24.5 Å². The Hall–Kier alpha value is -1.68. The molecule has 1 heterocycles. The number of aromatic nitrogens is 3. The van der Waals surface area contributed by atoms with E-state index in [-0.39, 0.29) is 0 Å². The summed E-state index contributed by atoms with van der Waals surface area (Å²) in [7, 11) is 1.83. The molecule has 0 fully saturated rings. The molecule has 0 saturated heterocycles. The van der Waals surface area contributed by atoms with Gasteiger partial charge in [0, 0.05) is 13.5 Å². The van der Waals surface area contributed by atoms with Gasteiger partial charge in [-0.15, -0.1) is 0 Å². The highest BCUT2D eigenvalue weighted by Gasteiger charge is 2.27. The van der Waals surface area contributed by atoms with Crippen LogP contribution in [-0.2, 0) is 19.1 Å². The van der Waals surface area contributed by atoms with Gasteiger partial charge in [-0.1, -0.05) is 23.8 Å². The van der Waals surface area contributed by atoms with Crippen molar-refractivity contribution in [2.24, 2.45) is 7.05 Å². The summed E-state index contributed by atoms with van der Waals surface area (Å²) in [6, 6.07) is 6.12. The second-order valence-electron chi connectivity index (χ2n) is 5.07. The maximum atomic E-state index is 10.7. The van der Waals surface area contributed by atoms with Crippen LogP contribution in [0.1, 0.15) is 29.4 Å². The smallest absolute Gasteiger partial charge is 0.138 e. The fourth-order valence-electron chi connectivity index (χ4n) is 2.20. The third-order valence-electron chi connectivity index (χ3n) is 3.28. The first kappa shape index (κ1) is 12.8. The summed E-state index contributed by atoms with van der Waals surface area (Å²) in [6.45, 7) is 5.87. The maximum absolute atomic E-state index is 10.7. The van der Waals surface area contributed by atoms with E-state index in [2.05, 4.69) is 16.1 Å². The molecular formula is C14H19N3O. The highest BCUT2D eigenvalue weighted by molar-refractivity contribution is 5.35. The van der Waals surface area contributed by atoms with E-state index in [0.29, 0.717) is 6.42 Å². The van der Waals surface area contributed by atoms with E-state index in [1.165, 1.54) is 6.33 Å². The molecule has 0 aliphatic heterocycles. The van der Waals surface area contributed by atoms with E-state index in [0.717, 1.165) is 22.5 Å². The van der Waals surface area contributed by atoms with E-state index < -0.39 is 5.60 Å². The van der Waals surface area contributed by atoms with Crippen LogP contribution in [0.3, 0.4) is 0 Å². The minimum absolute atomic E-state index is 0.452. The zero-order valence-corrected chi connectivity index (χ0v) is 11.3. The largest absolute Gasteiger partial charge is 0.385 e. The lowest BCUT2D eigenvalue weighted by atomic mass is 9.88. The molecule has 1 unspecified atom stereocenters. The fraction of sp³-hybridized carbons (Fsp3) is 0.429. The van der Waals surface area contributed by atoms with Gasteiger partial charge < -0.3 is 5.11 Å². The molecule has 0 aliphatic rings. The summed E-state index contributed by atoms with van der Waals surface area (Å²) in [5.41, 5.74) is 2.25. The van der Waals surface area contributed by atoms with E-state index in [9.17, 15) is 5.11 Å². The molecule has 1 aromatic heterocycles. The molecule has 1 aromatic carbocycles. The summed E-state index contributed by atoms with van der Waals surface area (Å²) in [5.74, 6) is 0.779. The number of hydrogen-bond donors (Lipinski definition) is 1. The Morgan fingerprint density at radius 3 is 2.67 bits per heavy atom. The summed E-state index contributed by atoms with van der Waals surface area (Å²) in [4.78, 5) is 4.17. The lowest BCUT2D eigenvalue weighted by Crippen LogP contribution is -2.27. The van der Waals surface area contributed by atoms with Crippen molar-refractivity contribution in [1.82, 2.24) is 14.8 Å². The molecule has 0 aliphatic carbocycles. The molecule has 0 radical (unpaired) electrons. The SMILES string of the molecule is Cc1ccc(C)c(C(C)(O)Cc2ncnn2C)c1. The number of rotatable bonds is 3. The van der Waals surface area contributed by atoms with E-state index >= 15 is 0 Å². The van der Waals surface area contributed by atoms with Crippen LogP contribution < -0.4 is 0 Å². The average molecular weight is 245 g/mol. The Kier molecular flexibility index (Phi) is 3.22. The summed E-state index contributed by atoms with van der Waals surface area (Å²) in [5, 5.41) is 14.7. The summed E-state index contributed by atoms with van der Waals surface area (Å²) in [6.07, 6.45) is 1.96. The molecule has 0 bridgehead atoms. The quantitative estimate of drug-likeness (QED) is 0.898. The molecule has 4 heteroatoms. The third-order valence-corrected chi connectivity index (χ3v) is 3.28. The van der Waals surface area contributed by atoms with Crippen LogP contribution >= 0.6 is 0 Å². The Labute approximate surface area is 107 Å². The molecule has 0 saturated carbocycles. The summed E-state index contributed by atoms with van der Waals surface area (Å²) < 4.78 is 1.69. The van der Waals surface area contributed by atoms with Gasteiger partial charge in [0.25, 0.3) is 0 Å². The molecule has 1 N–H and O–H groups in total. The lowest BCUT2D eigenvalue weighted by molar-refractivity contribution is 0.0538. The molecule has 1 atom stereocenters. The van der Waals surface area contributed by atoms with Crippen LogP contribution in [0, 0.1) is 13.8 Å². The van der Waals surface area contributed by atoms with Crippen LogP contribution in [0.5, 0.6) is 0 Å². The van der Waals surface area contributed by atoms with E-state index in [4.69, 9.17) is 0 Å². The standard InChI is InChI=1S/C14H19N3O/c1-10-5-6-11(2)12(7-10)14(3,18)8-13-15-9-16-17(13)4/h5-7,9,18H,8H2,1-4H3. The molecule has 2 aromatic rings. The van der Waals surface area contributed by atoms with Gasteiger partial charge in [-0.05, 0) is 31.9 Å². The first-order chi connectivity index (χ1) is 8.40. The van der Waals surface area contributed by atoms with Crippen molar-refractivity contribution in [2.45, 2.75) is 32.8 Å². The molecule has 96 valence electrons. The highest BCUT2D eigenvalue weighted by Crippen LogP contribution is 2.28. The predicted octanol–water partition coefficient (Wildman–Crippen LogP) is 1.88. The van der Waals surface area contributed by atoms with Gasteiger partial charge in [0.05, 0.1) is 5.60 Å². The number of aliphatic hydroxyl groups is 1. The van der Waals surface area contributed by atoms with Gasteiger partial charge in [0.15, 0.2) is 0 Å². The number of hydrogen-bond acceptors (Lipinski definition) is 3. The Morgan fingerprint density at radius 2 is 2.06 bits per heavy atom. The van der Waals surface area contributed by atoms with Gasteiger partial charge in [-0.3, -0.25) is 4.68 Å². The molecular weight excluding hydrogens is 226 g/mol. The first-order valence-electron chi connectivity index (χ1n) is 6.03. The average Bonchev–Trinajstić information content (AvgIpc) is 2.67. The molecule has 18 heavy (non-hydrogen) atoms. The van der Waals surface area contributed by atoms with Crippen molar-refractivity contribution in [3.63, 3.8) is 0 Å². The molecule has 4 nitrogen and oxygen atoms in total. The van der Waals surface area contributed by atoms with Crippen molar-refractivity contribution in [2.75, 3.05) is 0 Å². The first-order valence-corrected chi connectivity index (χ1v) is 6.03. The van der Waals surface area contributed by atoms with Gasteiger partial charge in [0.1, 0.15) is 12.2 Å². The van der Waals surface area contributed by atoms with Crippen molar-refractivity contribution in [1.29, 1.82) is 0 Å². The van der Waals surface area contributed by atoms with Crippen LogP contribution in [0.4, 0.5) is 0 Å². The van der Waals surface area contributed by atoms with Crippen molar-refractivity contribution >= 4 is 0 Å². The van der Waals surface area contributed by atoms with Crippen LogP contribution in [0.2, 0.25) is 0 Å². The Balaban J connectivity index is 2.36. The van der Waals surface area contributed by atoms with Gasteiger partial charge in [-0.2, -0.15) is 5.10 Å². The van der Waals surface area contributed by atoms with E-state index in [1.54, 1.807) is 4.68 Å². The Bertz CT molecular complexity index is 558. The topological polar surface area (TPSA) is 50.9 Å². The maximum Gasteiger partial charge on any atom is 0.138 e. The normalized spacial score (nSPS) is 14.5. The summed E-state index contributed by atoms with van der Waals surface area (Å²) >= 11 is 0. The number of aryl methyl sites for hydroxylation is 3. The molecule has 2 rings (SSSR count). The molecule has 0 amide bonds. The third kappa shape index (κ3) is 2.43. The number of benzene rings is 1. The second-order valence-corrected chi connectivity index (χ2v) is 5.07. The highest BCUT2D eigenvalue weighted by atomic mass is 16.3. The lowest BCUT2D eigenvalue weighted by Gasteiger charge is -2.25. The Morgan fingerprint density at radius 1 is 1.33 bits per heavy atom. The minimum Gasteiger partial charge on any atom is -0.385 e. The van der Waals surface area contributed by atoms with Gasteiger partial charge in [-0.25, -0.2) is 4.98 Å². The van der Waals surface area contributed by atoms with Crippen LogP contribution in [0.25, 0.3) is 0 Å².